The van der Waals surface area contributed by atoms with E-state index in [4.69, 9.17) is 27.9 Å². The van der Waals surface area contributed by atoms with E-state index in [2.05, 4.69) is 10.3 Å². The summed E-state index contributed by atoms with van der Waals surface area (Å²) in [7, 11) is 1.55. The number of anilines is 1. The average molecular weight is 454 g/mol. The summed E-state index contributed by atoms with van der Waals surface area (Å²) < 4.78 is 5.25. The number of imide groups is 1. The molecule has 0 unspecified atom stereocenters. The van der Waals surface area contributed by atoms with Crippen molar-refractivity contribution < 1.29 is 14.3 Å². The van der Waals surface area contributed by atoms with Crippen molar-refractivity contribution in [1.82, 2.24) is 9.88 Å². The lowest BCUT2D eigenvalue weighted by Gasteiger charge is -2.15. The Labute approximate surface area is 189 Å². The Balaban J connectivity index is 1.78. The summed E-state index contributed by atoms with van der Waals surface area (Å²) in [6.07, 6.45) is 3.24. The summed E-state index contributed by atoms with van der Waals surface area (Å²) in [5.74, 6) is -0.304. The van der Waals surface area contributed by atoms with Gasteiger partial charge in [0.1, 0.15) is 11.4 Å². The molecule has 0 fully saturated rings. The number of amides is 2. The number of pyridine rings is 1. The molecule has 4 rings (SSSR count). The Bertz CT molecular complexity index is 1200. The van der Waals surface area contributed by atoms with Crippen LogP contribution in [0.2, 0.25) is 10.0 Å². The Kier molecular flexibility index (Phi) is 5.93. The van der Waals surface area contributed by atoms with E-state index in [1.165, 1.54) is 11.0 Å². The number of nitrogens with zero attached hydrogens (tertiary/aromatic N) is 2. The van der Waals surface area contributed by atoms with Crippen molar-refractivity contribution in [3.05, 3.63) is 93.9 Å². The fourth-order valence-electron chi connectivity index (χ4n) is 3.30. The summed E-state index contributed by atoms with van der Waals surface area (Å²) in [5.41, 5.74) is 2.06. The number of ether oxygens (including phenoxy) is 1. The van der Waals surface area contributed by atoms with Crippen molar-refractivity contribution in [3.63, 3.8) is 0 Å². The van der Waals surface area contributed by atoms with Crippen LogP contribution in [0.3, 0.4) is 0 Å². The van der Waals surface area contributed by atoms with Crippen molar-refractivity contribution in [2.45, 2.75) is 6.54 Å². The van der Waals surface area contributed by atoms with Gasteiger partial charge in [0, 0.05) is 34.7 Å². The first-order valence-electron chi connectivity index (χ1n) is 9.34. The minimum atomic E-state index is -0.460. The van der Waals surface area contributed by atoms with Gasteiger partial charge in [0.25, 0.3) is 11.8 Å². The maximum atomic E-state index is 13.4. The topological polar surface area (TPSA) is 71.5 Å². The summed E-state index contributed by atoms with van der Waals surface area (Å²) in [6.45, 7) is 0.0868. The minimum absolute atomic E-state index is 0.0868. The number of hydrogen-bond acceptors (Lipinski definition) is 5. The molecule has 156 valence electrons. The van der Waals surface area contributed by atoms with E-state index < -0.39 is 11.8 Å². The fourth-order valence-corrected chi connectivity index (χ4v) is 3.80. The first kappa shape index (κ1) is 20.9. The highest BCUT2D eigenvalue weighted by Crippen LogP contribution is 2.36. The number of benzene rings is 2. The molecule has 1 N–H and O–H groups in total. The lowest BCUT2D eigenvalue weighted by molar-refractivity contribution is -0.137. The Morgan fingerprint density at radius 2 is 1.87 bits per heavy atom. The minimum Gasteiger partial charge on any atom is -0.497 e. The highest BCUT2D eigenvalue weighted by atomic mass is 35.5. The molecular formula is C23H17Cl2N3O3. The van der Waals surface area contributed by atoms with E-state index in [1.54, 1.807) is 68.0 Å². The molecule has 1 aromatic heterocycles. The van der Waals surface area contributed by atoms with Crippen LogP contribution in [0.25, 0.3) is 5.57 Å². The molecule has 0 bridgehead atoms. The molecule has 2 aromatic carbocycles. The summed E-state index contributed by atoms with van der Waals surface area (Å²) >= 11 is 12.4. The molecule has 2 heterocycles. The lowest BCUT2D eigenvalue weighted by atomic mass is 10.0. The van der Waals surface area contributed by atoms with Gasteiger partial charge in [0.2, 0.25) is 0 Å². The van der Waals surface area contributed by atoms with Crippen LogP contribution >= 0.6 is 23.2 Å². The van der Waals surface area contributed by atoms with E-state index >= 15 is 0 Å². The molecule has 8 heteroatoms. The highest BCUT2D eigenvalue weighted by Gasteiger charge is 2.40. The summed E-state index contributed by atoms with van der Waals surface area (Å²) in [6, 6.07) is 15.4. The molecule has 0 aliphatic carbocycles. The number of hydrogen-bond donors (Lipinski definition) is 1. The second kappa shape index (κ2) is 8.79. The van der Waals surface area contributed by atoms with Crippen LogP contribution in [-0.2, 0) is 16.1 Å². The predicted molar refractivity (Wildman–Crippen MR) is 120 cm³/mol. The van der Waals surface area contributed by atoms with Crippen LogP contribution in [0.15, 0.2) is 72.7 Å². The average Bonchev–Trinajstić information content (AvgIpc) is 2.99. The standard InChI is InChI=1S/C23H17Cl2N3O3/c1-31-17-6-2-5-16(11-17)27-21-20(18-8-7-15(24)10-19(18)25)22(29)28(23(21)30)13-14-4-3-9-26-12-14/h2-12,27H,13H2,1H3. The number of halogens is 2. The molecule has 1 aliphatic heterocycles. The fraction of sp³-hybridized carbons (Fsp3) is 0.0870. The zero-order valence-electron chi connectivity index (χ0n) is 16.4. The van der Waals surface area contributed by atoms with Gasteiger partial charge in [-0.3, -0.25) is 19.5 Å². The molecule has 1 aliphatic rings. The number of carbonyl (C=O) groups is 2. The van der Waals surface area contributed by atoms with Crippen molar-refractivity contribution >= 4 is 46.3 Å². The molecule has 0 saturated carbocycles. The van der Waals surface area contributed by atoms with E-state index in [0.717, 1.165) is 5.56 Å². The van der Waals surface area contributed by atoms with Crippen LogP contribution in [0.5, 0.6) is 5.75 Å². The quantitative estimate of drug-likeness (QED) is 0.543. The largest absolute Gasteiger partial charge is 0.497 e. The maximum Gasteiger partial charge on any atom is 0.278 e. The van der Waals surface area contributed by atoms with Crippen molar-refractivity contribution in [2.75, 3.05) is 12.4 Å². The normalized spacial score (nSPS) is 13.7. The molecule has 3 aromatic rings. The van der Waals surface area contributed by atoms with E-state index in [1.807, 2.05) is 0 Å². The van der Waals surface area contributed by atoms with Gasteiger partial charge in [-0.05, 0) is 35.9 Å². The van der Waals surface area contributed by atoms with Crippen LogP contribution in [0.4, 0.5) is 5.69 Å². The van der Waals surface area contributed by atoms with Gasteiger partial charge in [-0.2, -0.15) is 0 Å². The van der Waals surface area contributed by atoms with Crippen LogP contribution in [0.1, 0.15) is 11.1 Å². The smallest absolute Gasteiger partial charge is 0.278 e. The van der Waals surface area contributed by atoms with Crippen LogP contribution < -0.4 is 10.1 Å². The van der Waals surface area contributed by atoms with Gasteiger partial charge in [0.05, 0.1) is 24.3 Å². The lowest BCUT2D eigenvalue weighted by Crippen LogP contribution is -2.32. The van der Waals surface area contributed by atoms with Gasteiger partial charge < -0.3 is 10.1 Å². The number of methoxy groups -OCH3 is 1. The van der Waals surface area contributed by atoms with Crippen molar-refractivity contribution in [1.29, 1.82) is 0 Å². The van der Waals surface area contributed by atoms with Crippen molar-refractivity contribution in [3.8, 4) is 5.75 Å². The third-order valence-electron chi connectivity index (χ3n) is 4.77. The molecule has 2 amide bonds. The number of aromatic nitrogens is 1. The highest BCUT2D eigenvalue weighted by molar-refractivity contribution is 6.41. The summed E-state index contributed by atoms with van der Waals surface area (Å²) in [5, 5.41) is 3.79. The Morgan fingerprint density at radius 1 is 1.03 bits per heavy atom. The predicted octanol–water partition coefficient (Wildman–Crippen LogP) is 4.79. The van der Waals surface area contributed by atoms with Crippen LogP contribution in [-0.4, -0.2) is 28.8 Å². The number of carbonyl (C=O) groups excluding carboxylic acids is 2. The van der Waals surface area contributed by atoms with Gasteiger partial charge in [-0.1, -0.05) is 41.4 Å². The SMILES string of the molecule is COc1cccc(NC2=C(c3ccc(Cl)cc3Cl)C(=O)N(Cc3cccnc3)C2=O)c1. The third-order valence-corrected chi connectivity index (χ3v) is 5.32. The molecule has 0 spiro atoms. The van der Waals surface area contributed by atoms with Crippen LogP contribution in [0, 0.1) is 0 Å². The molecular weight excluding hydrogens is 437 g/mol. The molecule has 6 nitrogen and oxygen atoms in total. The zero-order valence-corrected chi connectivity index (χ0v) is 17.9. The molecule has 0 atom stereocenters. The Hall–Kier alpha value is -3.35. The van der Waals surface area contributed by atoms with Gasteiger partial charge in [0.15, 0.2) is 0 Å². The first-order valence-corrected chi connectivity index (χ1v) is 10.1. The van der Waals surface area contributed by atoms with Crippen molar-refractivity contribution in [2.24, 2.45) is 0 Å². The second-order valence-corrected chi connectivity index (χ2v) is 7.63. The third kappa shape index (κ3) is 4.26. The number of nitrogens with one attached hydrogen (secondary N) is 1. The second-order valence-electron chi connectivity index (χ2n) is 6.79. The van der Waals surface area contributed by atoms with Gasteiger partial charge in [-0.15, -0.1) is 0 Å². The maximum absolute atomic E-state index is 13.4. The monoisotopic (exact) mass is 453 g/mol. The zero-order chi connectivity index (χ0) is 22.0. The van der Waals surface area contributed by atoms with E-state index in [0.29, 0.717) is 22.0 Å². The molecule has 0 radical (unpaired) electrons. The first-order chi connectivity index (χ1) is 15.0. The Morgan fingerprint density at radius 3 is 2.58 bits per heavy atom. The van der Waals surface area contributed by atoms with Gasteiger partial charge in [-0.25, -0.2) is 0 Å². The van der Waals surface area contributed by atoms with Gasteiger partial charge >= 0.3 is 0 Å². The summed E-state index contributed by atoms with van der Waals surface area (Å²) in [4.78, 5) is 31.9. The van der Waals surface area contributed by atoms with E-state index in [9.17, 15) is 9.59 Å². The number of rotatable bonds is 6. The van der Waals surface area contributed by atoms with E-state index in [-0.39, 0.29) is 22.8 Å². The molecule has 0 saturated heterocycles. The molecule has 31 heavy (non-hydrogen) atoms.